The second-order valence-electron chi connectivity index (χ2n) is 7.25. The highest BCUT2D eigenvalue weighted by Gasteiger charge is 2.25. The highest BCUT2D eigenvalue weighted by molar-refractivity contribution is 6.08. The van der Waals surface area contributed by atoms with Crippen molar-refractivity contribution in [3.8, 4) is 11.5 Å². The van der Waals surface area contributed by atoms with E-state index >= 15 is 0 Å². The minimum absolute atomic E-state index is 0.117. The summed E-state index contributed by atoms with van der Waals surface area (Å²) in [5.74, 6) is 0.0304. The third-order valence-electron chi connectivity index (χ3n) is 5.11. The molecule has 0 bridgehead atoms. The van der Waals surface area contributed by atoms with E-state index in [1.54, 1.807) is 37.3 Å². The zero-order valence-electron chi connectivity index (χ0n) is 18.3. The highest BCUT2D eigenvalue weighted by Crippen LogP contribution is 2.41. The number of anilines is 1. The maximum atomic E-state index is 12.8. The van der Waals surface area contributed by atoms with Crippen molar-refractivity contribution in [3.63, 3.8) is 0 Å². The van der Waals surface area contributed by atoms with Gasteiger partial charge in [0.05, 0.1) is 17.7 Å². The molecule has 1 heterocycles. The topological polar surface area (TPSA) is 90.9 Å². The third-order valence-corrected chi connectivity index (χ3v) is 5.11. The molecule has 0 aliphatic carbocycles. The second-order valence-corrected chi connectivity index (χ2v) is 7.25. The van der Waals surface area contributed by atoms with Gasteiger partial charge in [-0.25, -0.2) is 4.79 Å². The van der Waals surface area contributed by atoms with Crippen molar-refractivity contribution in [2.24, 2.45) is 0 Å². The molecule has 0 spiro atoms. The van der Waals surface area contributed by atoms with Gasteiger partial charge >= 0.3 is 11.9 Å². The zero-order chi connectivity index (χ0) is 22.7. The number of fused-ring (bicyclic) bond motifs is 1. The summed E-state index contributed by atoms with van der Waals surface area (Å²) in [6.45, 7) is 9.10. The number of esters is 2. The number of hydrogen-bond donors (Lipinski definition) is 1. The lowest BCUT2D eigenvalue weighted by Crippen LogP contribution is -2.22. The van der Waals surface area contributed by atoms with Crippen molar-refractivity contribution in [2.75, 3.05) is 18.5 Å². The summed E-state index contributed by atoms with van der Waals surface area (Å²) in [6, 6.07) is 6.46. The van der Waals surface area contributed by atoms with Gasteiger partial charge in [-0.2, -0.15) is 0 Å². The van der Waals surface area contributed by atoms with Crippen molar-refractivity contribution in [1.29, 1.82) is 0 Å². The van der Waals surface area contributed by atoms with E-state index in [1.165, 1.54) is 6.92 Å². The SMILES string of the molecule is CCOC(=O)c1ccc(NC(=O)C2=Cc3c(C)c(OC(C)=O)c(C)c(C)c3OC2)cc1. The van der Waals surface area contributed by atoms with Crippen LogP contribution in [0.2, 0.25) is 0 Å². The number of amides is 1. The molecule has 1 aliphatic rings. The molecule has 1 amide bonds. The number of rotatable bonds is 5. The van der Waals surface area contributed by atoms with Gasteiger partial charge in [0.25, 0.3) is 5.91 Å². The van der Waals surface area contributed by atoms with Gasteiger partial charge in [-0.05, 0) is 69.2 Å². The van der Waals surface area contributed by atoms with Crippen molar-refractivity contribution < 1.29 is 28.6 Å². The molecule has 1 aliphatic heterocycles. The number of hydrogen-bond acceptors (Lipinski definition) is 6. The van der Waals surface area contributed by atoms with E-state index in [4.69, 9.17) is 14.2 Å². The Morgan fingerprint density at radius 3 is 2.32 bits per heavy atom. The van der Waals surface area contributed by atoms with Crippen LogP contribution in [0, 0.1) is 20.8 Å². The molecule has 0 unspecified atom stereocenters. The van der Waals surface area contributed by atoms with E-state index in [-0.39, 0.29) is 12.5 Å². The largest absolute Gasteiger partial charge is 0.488 e. The van der Waals surface area contributed by atoms with E-state index in [2.05, 4.69) is 5.32 Å². The van der Waals surface area contributed by atoms with Crippen LogP contribution in [0.15, 0.2) is 29.8 Å². The fourth-order valence-electron chi connectivity index (χ4n) is 3.39. The first-order valence-electron chi connectivity index (χ1n) is 9.97. The van der Waals surface area contributed by atoms with Crippen LogP contribution in [0.25, 0.3) is 6.08 Å². The van der Waals surface area contributed by atoms with Crippen molar-refractivity contribution in [3.05, 3.63) is 57.7 Å². The van der Waals surface area contributed by atoms with Gasteiger partial charge in [-0.1, -0.05) is 0 Å². The Hall–Kier alpha value is -3.61. The van der Waals surface area contributed by atoms with E-state index in [0.717, 1.165) is 16.7 Å². The quantitative estimate of drug-likeness (QED) is 0.574. The lowest BCUT2D eigenvalue weighted by molar-refractivity contribution is -0.132. The predicted molar refractivity (Wildman–Crippen MR) is 116 cm³/mol. The van der Waals surface area contributed by atoms with Gasteiger partial charge in [0, 0.05) is 23.7 Å². The van der Waals surface area contributed by atoms with Crippen molar-refractivity contribution >= 4 is 29.6 Å². The summed E-state index contributed by atoms with van der Waals surface area (Å²) in [6.07, 6.45) is 1.76. The average Bonchev–Trinajstić information content (AvgIpc) is 2.75. The van der Waals surface area contributed by atoms with Crippen molar-refractivity contribution in [2.45, 2.75) is 34.6 Å². The monoisotopic (exact) mass is 423 g/mol. The van der Waals surface area contributed by atoms with E-state index in [1.807, 2.05) is 20.8 Å². The predicted octanol–water partition coefficient (Wildman–Crippen LogP) is 4.13. The first kappa shape index (κ1) is 22.1. The normalized spacial score (nSPS) is 12.2. The van der Waals surface area contributed by atoms with Crippen LogP contribution in [0.5, 0.6) is 11.5 Å². The maximum absolute atomic E-state index is 12.8. The standard InChI is InChI=1S/C24H25NO6/c1-6-29-24(28)17-7-9-19(10-8-17)25-23(27)18-11-20-15(4)21(31-16(5)26)13(2)14(3)22(20)30-12-18/h7-11H,6,12H2,1-5H3,(H,25,27). The second kappa shape index (κ2) is 9.04. The number of carbonyl (C=O) groups excluding carboxylic acids is 3. The smallest absolute Gasteiger partial charge is 0.338 e. The fourth-order valence-corrected chi connectivity index (χ4v) is 3.39. The average molecular weight is 423 g/mol. The Bertz CT molecular complexity index is 1080. The Morgan fingerprint density at radius 1 is 1.03 bits per heavy atom. The first-order valence-corrected chi connectivity index (χ1v) is 9.97. The van der Waals surface area contributed by atoms with Gasteiger partial charge < -0.3 is 19.5 Å². The molecule has 0 fully saturated rings. The molecule has 2 aromatic carbocycles. The van der Waals surface area contributed by atoms with Crippen LogP contribution < -0.4 is 14.8 Å². The minimum atomic E-state index is -0.412. The van der Waals surface area contributed by atoms with Crippen LogP contribution in [-0.4, -0.2) is 31.1 Å². The molecule has 3 rings (SSSR count). The molecule has 0 atom stereocenters. The minimum Gasteiger partial charge on any atom is -0.488 e. The van der Waals surface area contributed by atoms with Crippen molar-refractivity contribution in [1.82, 2.24) is 0 Å². The van der Waals surface area contributed by atoms with E-state index < -0.39 is 11.9 Å². The van der Waals surface area contributed by atoms with E-state index in [9.17, 15) is 14.4 Å². The lowest BCUT2D eigenvalue weighted by Gasteiger charge is -2.24. The van der Waals surface area contributed by atoms with Gasteiger partial charge in [-0.15, -0.1) is 0 Å². The molecule has 0 radical (unpaired) electrons. The van der Waals surface area contributed by atoms with Gasteiger partial charge in [0.1, 0.15) is 18.1 Å². The van der Waals surface area contributed by atoms with Crippen LogP contribution in [0.3, 0.4) is 0 Å². The maximum Gasteiger partial charge on any atom is 0.338 e. The van der Waals surface area contributed by atoms with Gasteiger partial charge in [0.2, 0.25) is 0 Å². The van der Waals surface area contributed by atoms with Crippen LogP contribution in [0.1, 0.15) is 46.5 Å². The number of benzene rings is 2. The fraction of sp³-hybridized carbons (Fsp3) is 0.292. The number of carbonyl (C=O) groups is 3. The summed E-state index contributed by atoms with van der Waals surface area (Å²) in [5.41, 5.74) is 4.53. The molecule has 2 aromatic rings. The van der Waals surface area contributed by atoms with Crippen LogP contribution in [-0.2, 0) is 14.3 Å². The molecule has 7 nitrogen and oxygen atoms in total. The Balaban J connectivity index is 1.85. The molecule has 0 saturated heterocycles. The summed E-state index contributed by atoms with van der Waals surface area (Å²) in [4.78, 5) is 36.1. The molecular weight excluding hydrogens is 398 g/mol. The summed E-state index contributed by atoms with van der Waals surface area (Å²) in [7, 11) is 0. The lowest BCUT2D eigenvalue weighted by atomic mass is 9.94. The summed E-state index contributed by atoms with van der Waals surface area (Å²) >= 11 is 0. The van der Waals surface area contributed by atoms with Gasteiger partial charge in [0.15, 0.2) is 0 Å². The number of nitrogens with one attached hydrogen (secondary N) is 1. The zero-order valence-corrected chi connectivity index (χ0v) is 18.3. The number of ether oxygens (including phenoxy) is 3. The Labute approximate surface area is 181 Å². The van der Waals surface area contributed by atoms with E-state index in [0.29, 0.717) is 40.5 Å². The molecule has 0 saturated carbocycles. The van der Waals surface area contributed by atoms with Gasteiger partial charge in [-0.3, -0.25) is 9.59 Å². The molecule has 1 N–H and O–H groups in total. The third kappa shape index (κ3) is 4.60. The highest BCUT2D eigenvalue weighted by atomic mass is 16.5. The summed E-state index contributed by atoms with van der Waals surface area (Å²) < 4.78 is 16.3. The molecule has 162 valence electrons. The summed E-state index contributed by atoms with van der Waals surface area (Å²) in [5, 5.41) is 2.81. The molecular formula is C24H25NO6. The first-order chi connectivity index (χ1) is 14.7. The van der Waals surface area contributed by atoms with Crippen LogP contribution in [0.4, 0.5) is 5.69 Å². The molecule has 31 heavy (non-hydrogen) atoms. The van der Waals surface area contributed by atoms with Crippen LogP contribution >= 0.6 is 0 Å². The molecule has 7 heteroatoms. The molecule has 0 aromatic heterocycles. The Kier molecular flexibility index (Phi) is 6.44. The Morgan fingerprint density at radius 2 is 1.71 bits per heavy atom.